The van der Waals surface area contributed by atoms with E-state index in [1.807, 2.05) is 0 Å². The number of hydrogen-bond acceptors (Lipinski definition) is 3. The van der Waals surface area contributed by atoms with Gasteiger partial charge in [0.1, 0.15) is 0 Å². The van der Waals surface area contributed by atoms with Crippen molar-refractivity contribution in [3.63, 3.8) is 0 Å². The quantitative estimate of drug-likeness (QED) is 0.277. The number of hydrazone groups is 1. The molecule has 0 amide bonds. The maximum absolute atomic E-state index is 11.7. The van der Waals surface area contributed by atoms with Gasteiger partial charge in [0.2, 0.25) is 0 Å². The van der Waals surface area contributed by atoms with Crippen LogP contribution >= 0.6 is 11.8 Å². The second kappa shape index (κ2) is 3.51. The second-order valence-electron chi connectivity index (χ2n) is 1.49. The fraction of sp³-hybridized carbons (Fsp3) is 0.250. The minimum atomic E-state index is -4.46. The van der Waals surface area contributed by atoms with E-state index < -0.39 is 11.1 Å². The summed E-state index contributed by atoms with van der Waals surface area (Å²) in [7, 11) is 0. The molecule has 0 aliphatic rings. The van der Waals surface area contributed by atoms with E-state index in [1.165, 1.54) is 0 Å². The number of thioether (sulfide) groups is 1. The van der Waals surface area contributed by atoms with E-state index in [-0.39, 0.29) is 16.9 Å². The van der Waals surface area contributed by atoms with Gasteiger partial charge in [-0.2, -0.15) is 18.3 Å². The minimum absolute atomic E-state index is 0.190. The number of halogens is 3. The lowest BCUT2D eigenvalue weighted by Crippen LogP contribution is -2.15. The van der Waals surface area contributed by atoms with Crippen molar-refractivity contribution >= 4 is 16.9 Å². The lowest BCUT2D eigenvalue weighted by atomic mass is 10.6. The van der Waals surface area contributed by atoms with Gasteiger partial charge in [0.15, 0.2) is 5.17 Å². The zero-order chi connectivity index (χ0) is 9.07. The monoisotopic (exact) mass is 185 g/mol. The Morgan fingerprint density at radius 1 is 1.45 bits per heavy atom. The normalized spacial score (nSPS) is 13.2. The Morgan fingerprint density at radius 2 is 1.91 bits per heavy atom. The molecule has 0 aromatic carbocycles. The van der Waals surface area contributed by atoms with Crippen LogP contribution in [0.3, 0.4) is 0 Å². The van der Waals surface area contributed by atoms with Crippen LogP contribution < -0.4 is 11.6 Å². The largest absolute Gasteiger partial charge is 0.422 e. The van der Waals surface area contributed by atoms with Crippen LogP contribution in [-0.4, -0.2) is 11.3 Å². The molecule has 0 bridgehead atoms. The molecule has 7 heteroatoms. The molecule has 0 atom stereocenters. The van der Waals surface area contributed by atoms with Gasteiger partial charge in [-0.3, -0.25) is 0 Å². The van der Waals surface area contributed by atoms with Crippen LogP contribution in [0.4, 0.5) is 13.2 Å². The summed E-state index contributed by atoms with van der Waals surface area (Å²) in [5.74, 6) is 4.60. The average molecular weight is 185 g/mol. The molecule has 0 radical (unpaired) electrons. The van der Waals surface area contributed by atoms with Gasteiger partial charge in [-0.15, -0.1) is 0 Å². The first-order valence-corrected chi connectivity index (χ1v) is 3.17. The van der Waals surface area contributed by atoms with E-state index in [0.29, 0.717) is 0 Å². The summed E-state index contributed by atoms with van der Waals surface area (Å²) in [5.41, 5.74) is 4.90. The van der Waals surface area contributed by atoms with Crippen LogP contribution in [0.15, 0.2) is 16.6 Å². The first kappa shape index (κ1) is 10.2. The molecule has 0 aliphatic heterocycles. The second-order valence-corrected chi connectivity index (χ2v) is 2.61. The van der Waals surface area contributed by atoms with Crippen molar-refractivity contribution in [2.24, 2.45) is 16.7 Å². The zero-order valence-electron chi connectivity index (χ0n) is 5.35. The Bertz CT molecular complexity index is 186. The van der Waals surface area contributed by atoms with Gasteiger partial charge in [-0.05, 0) is 11.8 Å². The van der Waals surface area contributed by atoms with Crippen LogP contribution in [0.25, 0.3) is 0 Å². The van der Waals surface area contributed by atoms with Crippen molar-refractivity contribution in [1.29, 1.82) is 0 Å². The van der Waals surface area contributed by atoms with Crippen LogP contribution in [0.1, 0.15) is 0 Å². The van der Waals surface area contributed by atoms with Crippen molar-refractivity contribution in [3.05, 3.63) is 11.5 Å². The summed E-state index contributed by atoms with van der Waals surface area (Å²) in [6.45, 7) is 2.74. The molecule has 64 valence electrons. The van der Waals surface area contributed by atoms with Crippen LogP contribution in [0.5, 0.6) is 0 Å². The third-order valence-corrected chi connectivity index (χ3v) is 1.46. The summed E-state index contributed by atoms with van der Waals surface area (Å²) in [6, 6.07) is 0. The first-order valence-electron chi connectivity index (χ1n) is 2.35. The van der Waals surface area contributed by atoms with Crippen LogP contribution in [0, 0.1) is 0 Å². The van der Waals surface area contributed by atoms with E-state index in [9.17, 15) is 13.2 Å². The number of alkyl halides is 3. The van der Waals surface area contributed by atoms with E-state index in [2.05, 4.69) is 17.5 Å². The standard InChI is InChI=1S/C4H6F3N3S/c1-2(4(5,6)7)11-3(8)10-9/h1,9H2,(H2,8,10). The molecule has 0 spiro atoms. The SMILES string of the molecule is C=C(S/C(N)=N\N)C(F)(F)F. The molecule has 0 saturated heterocycles. The maximum atomic E-state index is 11.7. The molecule has 0 aliphatic carbocycles. The summed E-state index contributed by atoms with van der Waals surface area (Å²) < 4.78 is 35.0. The van der Waals surface area contributed by atoms with E-state index in [0.717, 1.165) is 0 Å². The molecule has 0 rings (SSSR count). The van der Waals surface area contributed by atoms with Gasteiger partial charge in [0.05, 0.1) is 4.91 Å². The molecule has 3 nitrogen and oxygen atoms in total. The number of rotatable bonds is 1. The number of amidine groups is 1. The number of hydrogen-bond donors (Lipinski definition) is 2. The Balaban J connectivity index is 4.10. The Hall–Kier alpha value is -0.850. The van der Waals surface area contributed by atoms with Crippen LogP contribution in [0.2, 0.25) is 0 Å². The third-order valence-electron chi connectivity index (χ3n) is 0.671. The van der Waals surface area contributed by atoms with E-state index in [4.69, 9.17) is 5.73 Å². The highest BCUT2D eigenvalue weighted by molar-refractivity contribution is 8.17. The van der Waals surface area contributed by atoms with Crippen LogP contribution in [-0.2, 0) is 0 Å². The number of nitrogens with two attached hydrogens (primary N) is 2. The molecular weight excluding hydrogens is 179 g/mol. The molecule has 0 aromatic heterocycles. The smallest absolute Gasteiger partial charge is 0.377 e. The lowest BCUT2D eigenvalue weighted by Gasteiger charge is -2.07. The molecular formula is C4H6F3N3S. The molecule has 0 fully saturated rings. The van der Waals surface area contributed by atoms with Gasteiger partial charge in [-0.1, -0.05) is 6.58 Å². The highest BCUT2D eigenvalue weighted by Crippen LogP contribution is 2.32. The summed E-state index contributed by atoms with van der Waals surface area (Å²) in [5, 5.41) is 2.47. The fourth-order valence-electron chi connectivity index (χ4n) is 0.210. The number of nitrogens with zero attached hydrogens (tertiary/aromatic N) is 1. The van der Waals surface area contributed by atoms with Gasteiger partial charge in [0.25, 0.3) is 0 Å². The van der Waals surface area contributed by atoms with Gasteiger partial charge in [-0.25, -0.2) is 0 Å². The van der Waals surface area contributed by atoms with Crippen molar-refractivity contribution in [2.45, 2.75) is 6.18 Å². The van der Waals surface area contributed by atoms with E-state index >= 15 is 0 Å². The highest BCUT2D eigenvalue weighted by atomic mass is 32.2. The Labute approximate surface area is 65.3 Å². The average Bonchev–Trinajstić information content (AvgIpc) is 1.85. The van der Waals surface area contributed by atoms with Crippen molar-refractivity contribution in [1.82, 2.24) is 0 Å². The van der Waals surface area contributed by atoms with Gasteiger partial charge < -0.3 is 11.6 Å². The predicted octanol–water partition coefficient (Wildman–Crippen LogP) is 0.984. The lowest BCUT2D eigenvalue weighted by molar-refractivity contribution is -0.0831. The van der Waals surface area contributed by atoms with E-state index in [1.54, 1.807) is 0 Å². The predicted molar refractivity (Wildman–Crippen MR) is 38.6 cm³/mol. The van der Waals surface area contributed by atoms with Crippen molar-refractivity contribution in [2.75, 3.05) is 0 Å². The molecule has 0 saturated carbocycles. The van der Waals surface area contributed by atoms with Gasteiger partial charge >= 0.3 is 6.18 Å². The zero-order valence-corrected chi connectivity index (χ0v) is 6.17. The molecule has 0 heterocycles. The molecule has 11 heavy (non-hydrogen) atoms. The summed E-state index contributed by atoms with van der Waals surface area (Å²) in [6.07, 6.45) is -4.46. The fourth-order valence-corrected chi connectivity index (χ4v) is 0.631. The molecule has 4 N–H and O–H groups in total. The number of allylic oxidation sites excluding steroid dienone is 1. The topological polar surface area (TPSA) is 64.4 Å². The molecule has 0 aromatic rings. The summed E-state index contributed by atoms with van der Waals surface area (Å²) in [4.78, 5) is -1.04. The van der Waals surface area contributed by atoms with Crippen molar-refractivity contribution in [3.8, 4) is 0 Å². The maximum Gasteiger partial charge on any atom is 0.422 e. The first-order chi connectivity index (χ1) is 4.88. The Kier molecular flexibility index (Phi) is 3.24. The highest BCUT2D eigenvalue weighted by Gasteiger charge is 2.33. The molecule has 0 unspecified atom stereocenters. The minimum Gasteiger partial charge on any atom is -0.377 e. The summed E-state index contributed by atoms with van der Waals surface area (Å²) >= 11 is 0.190. The Morgan fingerprint density at radius 3 is 2.18 bits per heavy atom. The third kappa shape index (κ3) is 3.76. The van der Waals surface area contributed by atoms with Crippen molar-refractivity contribution < 1.29 is 13.2 Å². The van der Waals surface area contributed by atoms with Gasteiger partial charge in [0, 0.05) is 0 Å².